The van der Waals surface area contributed by atoms with Crippen molar-refractivity contribution < 1.29 is 28.8 Å². The Balaban J connectivity index is 1.50. The van der Waals surface area contributed by atoms with Crippen molar-refractivity contribution in [2.24, 2.45) is 0 Å². The number of rotatable bonds is 6. The Bertz CT molecular complexity index is 721. The number of aryl methyl sites for hydroxylation is 1. The second kappa shape index (κ2) is 9.49. The van der Waals surface area contributed by atoms with Crippen LogP contribution in [0.4, 0.5) is 5.00 Å². The van der Waals surface area contributed by atoms with Crippen LogP contribution in [0, 0.1) is 0 Å². The van der Waals surface area contributed by atoms with Gasteiger partial charge in [0.1, 0.15) is 11.1 Å². The van der Waals surface area contributed by atoms with E-state index in [-0.39, 0.29) is 17.9 Å². The number of piperazine rings is 1. The Labute approximate surface area is 168 Å². The number of methoxy groups -OCH3 is 1. The minimum absolute atomic E-state index is 0.0781. The molecule has 154 valence electrons. The van der Waals surface area contributed by atoms with Gasteiger partial charge in [-0.05, 0) is 25.3 Å². The Morgan fingerprint density at radius 3 is 2.71 bits per heavy atom. The number of hydrogen-bond donors (Lipinski definition) is 2. The molecular formula is C19H28N3O5S+. The van der Waals surface area contributed by atoms with Gasteiger partial charge in [0.25, 0.3) is 11.8 Å². The summed E-state index contributed by atoms with van der Waals surface area (Å²) in [4.78, 5) is 40.8. The Morgan fingerprint density at radius 2 is 2.11 bits per heavy atom. The van der Waals surface area contributed by atoms with Crippen LogP contribution in [0.1, 0.15) is 35.0 Å². The maximum absolute atomic E-state index is 12.5. The number of amides is 2. The van der Waals surface area contributed by atoms with Gasteiger partial charge in [0.15, 0.2) is 6.54 Å². The molecule has 2 amide bonds. The van der Waals surface area contributed by atoms with Crippen molar-refractivity contribution in [2.75, 3.05) is 51.8 Å². The summed E-state index contributed by atoms with van der Waals surface area (Å²) < 4.78 is 10.3. The van der Waals surface area contributed by atoms with Crippen LogP contribution >= 0.6 is 11.3 Å². The highest BCUT2D eigenvalue weighted by molar-refractivity contribution is 7.16. The van der Waals surface area contributed by atoms with Gasteiger partial charge in [-0.25, -0.2) is 4.79 Å². The number of quaternary nitrogens is 1. The molecule has 0 spiro atoms. The number of nitrogens with zero attached hydrogens (tertiary/aromatic N) is 1. The second-order valence-electron chi connectivity index (χ2n) is 7.10. The van der Waals surface area contributed by atoms with E-state index in [1.165, 1.54) is 18.4 Å². The summed E-state index contributed by atoms with van der Waals surface area (Å²) >= 11 is 1.40. The van der Waals surface area contributed by atoms with Gasteiger partial charge in [-0.2, -0.15) is 0 Å². The van der Waals surface area contributed by atoms with Crippen molar-refractivity contribution in [2.45, 2.75) is 32.3 Å². The van der Waals surface area contributed by atoms with Gasteiger partial charge in [-0.1, -0.05) is 6.92 Å². The van der Waals surface area contributed by atoms with Gasteiger partial charge in [0.05, 0.1) is 38.9 Å². The Morgan fingerprint density at radius 1 is 1.36 bits per heavy atom. The standard InChI is InChI=1S/C19H27N3O5S/c1-3-13-11-14(19(25)26-2)17(28-13)20-16(23)12-21-6-8-22(9-7-21)18(24)15-5-4-10-27-15/h11,15H,3-10,12H2,1-2H3,(H,20,23)/p+1/t15-/m1/s1. The number of esters is 1. The molecule has 0 unspecified atom stereocenters. The molecule has 2 saturated heterocycles. The second-order valence-corrected chi connectivity index (χ2v) is 8.24. The van der Waals surface area contributed by atoms with Crippen LogP contribution in [0.5, 0.6) is 0 Å². The summed E-state index contributed by atoms with van der Waals surface area (Å²) in [5.41, 5.74) is 0.402. The average molecular weight is 411 g/mol. The third-order valence-electron chi connectivity index (χ3n) is 5.19. The van der Waals surface area contributed by atoms with Crippen molar-refractivity contribution in [1.82, 2.24) is 4.90 Å². The van der Waals surface area contributed by atoms with Gasteiger partial charge >= 0.3 is 5.97 Å². The fourth-order valence-electron chi connectivity index (χ4n) is 3.56. The zero-order valence-electron chi connectivity index (χ0n) is 16.4. The minimum Gasteiger partial charge on any atom is -0.465 e. The summed E-state index contributed by atoms with van der Waals surface area (Å²) in [6.45, 7) is 5.68. The zero-order valence-corrected chi connectivity index (χ0v) is 17.2. The number of carbonyl (C=O) groups excluding carboxylic acids is 3. The van der Waals surface area contributed by atoms with E-state index in [4.69, 9.17) is 9.47 Å². The van der Waals surface area contributed by atoms with E-state index in [0.717, 1.165) is 42.1 Å². The Kier molecular flexibility index (Phi) is 7.03. The Hall–Kier alpha value is -1.97. The van der Waals surface area contributed by atoms with Crippen LogP contribution in [0.25, 0.3) is 0 Å². The number of thiophene rings is 1. The van der Waals surface area contributed by atoms with Gasteiger partial charge in [0, 0.05) is 11.5 Å². The van der Waals surface area contributed by atoms with Crippen LogP contribution < -0.4 is 10.2 Å². The van der Waals surface area contributed by atoms with Crippen LogP contribution in [-0.4, -0.2) is 75.2 Å². The molecule has 1 aromatic heterocycles. The third-order valence-corrected chi connectivity index (χ3v) is 6.38. The molecule has 3 heterocycles. The first-order chi connectivity index (χ1) is 13.5. The fourth-order valence-corrected chi connectivity index (χ4v) is 4.57. The zero-order chi connectivity index (χ0) is 20.1. The molecule has 28 heavy (non-hydrogen) atoms. The molecule has 1 aromatic rings. The quantitative estimate of drug-likeness (QED) is 0.642. The van der Waals surface area contributed by atoms with Crippen LogP contribution in [0.3, 0.4) is 0 Å². The van der Waals surface area contributed by atoms with Crippen LogP contribution in [0.2, 0.25) is 0 Å². The van der Waals surface area contributed by atoms with Gasteiger partial charge in [0.2, 0.25) is 0 Å². The summed E-state index contributed by atoms with van der Waals surface area (Å²) in [5.74, 6) is -0.502. The molecule has 0 bridgehead atoms. The van der Waals surface area contributed by atoms with Gasteiger partial charge in [-0.15, -0.1) is 11.3 Å². The molecule has 3 rings (SSSR count). The maximum Gasteiger partial charge on any atom is 0.340 e. The number of nitrogens with one attached hydrogen (secondary N) is 2. The number of ether oxygens (including phenoxy) is 2. The first-order valence-electron chi connectivity index (χ1n) is 9.76. The first kappa shape index (κ1) is 20.8. The van der Waals surface area contributed by atoms with E-state index in [0.29, 0.717) is 36.8 Å². The van der Waals surface area contributed by atoms with Gasteiger partial charge in [-0.3, -0.25) is 9.59 Å². The van der Waals surface area contributed by atoms with Crippen molar-refractivity contribution in [3.05, 3.63) is 16.5 Å². The number of carbonyl (C=O) groups is 3. The number of anilines is 1. The third kappa shape index (κ3) is 4.89. The molecule has 2 aliphatic rings. The van der Waals surface area contributed by atoms with Gasteiger partial charge < -0.3 is 24.6 Å². The molecule has 2 N–H and O–H groups in total. The lowest BCUT2D eigenvalue weighted by molar-refractivity contribution is -0.895. The van der Waals surface area contributed by atoms with E-state index in [9.17, 15) is 14.4 Å². The SMILES string of the molecule is CCc1cc(C(=O)OC)c(NC(=O)C[NH+]2CCN(C(=O)[C@H]3CCCO3)CC2)s1. The van der Waals surface area contributed by atoms with E-state index >= 15 is 0 Å². The molecule has 0 aliphatic carbocycles. The van der Waals surface area contributed by atoms with E-state index in [1.54, 1.807) is 6.07 Å². The summed E-state index contributed by atoms with van der Waals surface area (Å²) in [6.07, 6.45) is 2.25. The molecule has 2 aliphatic heterocycles. The van der Waals surface area contributed by atoms with Crippen LogP contribution in [-0.2, 0) is 25.5 Å². The molecule has 1 atom stereocenters. The molecule has 8 nitrogen and oxygen atoms in total. The highest BCUT2D eigenvalue weighted by Gasteiger charge is 2.32. The molecule has 0 radical (unpaired) electrons. The largest absolute Gasteiger partial charge is 0.465 e. The average Bonchev–Trinajstić information content (AvgIpc) is 3.37. The molecular weight excluding hydrogens is 382 g/mol. The summed E-state index contributed by atoms with van der Waals surface area (Å²) in [5, 5.41) is 3.41. The van der Waals surface area contributed by atoms with Crippen molar-refractivity contribution >= 4 is 34.1 Å². The molecule has 0 saturated carbocycles. The van der Waals surface area contributed by atoms with E-state index in [1.807, 2.05) is 11.8 Å². The highest BCUT2D eigenvalue weighted by Crippen LogP contribution is 2.29. The minimum atomic E-state index is -0.445. The normalized spacial score (nSPS) is 20.2. The molecule has 0 aromatic carbocycles. The topological polar surface area (TPSA) is 89.4 Å². The summed E-state index contributed by atoms with van der Waals surface area (Å²) in [6, 6.07) is 1.77. The lowest BCUT2D eigenvalue weighted by Gasteiger charge is -2.33. The maximum atomic E-state index is 12.5. The van der Waals surface area contributed by atoms with E-state index < -0.39 is 5.97 Å². The van der Waals surface area contributed by atoms with Crippen molar-refractivity contribution in [3.63, 3.8) is 0 Å². The molecule has 9 heteroatoms. The summed E-state index contributed by atoms with van der Waals surface area (Å²) in [7, 11) is 1.33. The smallest absolute Gasteiger partial charge is 0.340 e. The van der Waals surface area contributed by atoms with Crippen molar-refractivity contribution in [3.8, 4) is 0 Å². The monoisotopic (exact) mass is 410 g/mol. The number of hydrogen-bond acceptors (Lipinski definition) is 6. The lowest BCUT2D eigenvalue weighted by atomic mass is 10.2. The van der Waals surface area contributed by atoms with Crippen molar-refractivity contribution in [1.29, 1.82) is 0 Å². The lowest BCUT2D eigenvalue weighted by Crippen LogP contribution is -3.15. The first-order valence-corrected chi connectivity index (χ1v) is 10.6. The predicted molar refractivity (Wildman–Crippen MR) is 105 cm³/mol. The fraction of sp³-hybridized carbons (Fsp3) is 0.632. The highest BCUT2D eigenvalue weighted by atomic mass is 32.1. The van der Waals surface area contributed by atoms with Crippen LogP contribution in [0.15, 0.2) is 6.07 Å². The van der Waals surface area contributed by atoms with E-state index in [2.05, 4.69) is 5.32 Å². The molecule has 2 fully saturated rings. The predicted octanol–water partition coefficient (Wildman–Crippen LogP) is -0.0583.